The Kier molecular flexibility index (Phi) is 6.59. The Hall–Kier alpha value is -3.56. The molecule has 0 fully saturated rings. The van der Waals surface area contributed by atoms with Crippen LogP contribution in [0.2, 0.25) is 15.1 Å². The number of phenolic OH excluding ortho intramolecular Hbond substituents is 1. The first-order chi connectivity index (χ1) is 17.3. The number of thiocarbonyl (C=S) groups is 1. The summed E-state index contributed by atoms with van der Waals surface area (Å²) >= 11 is 23.6. The molecule has 0 radical (unpaired) electrons. The Balaban J connectivity index is 1.30. The molecule has 0 aliphatic heterocycles. The van der Waals surface area contributed by atoms with Crippen LogP contribution in [-0.4, -0.2) is 21.1 Å². The number of nitrogens with zero attached hydrogens (tertiary/aromatic N) is 1. The average molecular weight is 559 g/mol. The van der Waals surface area contributed by atoms with Crippen LogP contribution in [-0.2, 0) is 0 Å². The molecule has 0 spiro atoms. The van der Waals surface area contributed by atoms with E-state index in [-0.39, 0.29) is 22.5 Å². The van der Waals surface area contributed by atoms with Gasteiger partial charge in [-0.1, -0.05) is 40.9 Å². The van der Waals surface area contributed by atoms with Crippen molar-refractivity contribution < 1.29 is 18.7 Å². The topological polar surface area (TPSA) is 101 Å². The van der Waals surface area contributed by atoms with E-state index in [0.717, 1.165) is 0 Å². The van der Waals surface area contributed by atoms with Crippen molar-refractivity contribution in [1.82, 2.24) is 10.3 Å². The number of halogens is 3. The van der Waals surface area contributed by atoms with Crippen LogP contribution < -0.4 is 10.6 Å². The molecule has 2 heterocycles. The Bertz CT molecular complexity index is 1650. The van der Waals surface area contributed by atoms with Crippen LogP contribution >= 0.6 is 47.0 Å². The number of oxazole rings is 1. The second kappa shape index (κ2) is 9.83. The summed E-state index contributed by atoms with van der Waals surface area (Å²) in [6.45, 7) is 0. The number of benzene rings is 3. The third-order valence-corrected chi connectivity index (χ3v) is 6.37. The molecule has 0 saturated heterocycles. The smallest absolute Gasteiger partial charge is 0.293 e. The number of amides is 1. The first kappa shape index (κ1) is 24.1. The number of carbonyl (C=O) groups is 1. The maximum atomic E-state index is 12.6. The molecule has 7 nitrogen and oxygen atoms in total. The maximum Gasteiger partial charge on any atom is 0.293 e. The van der Waals surface area contributed by atoms with Crippen molar-refractivity contribution in [2.24, 2.45) is 0 Å². The van der Waals surface area contributed by atoms with E-state index in [2.05, 4.69) is 15.6 Å². The molecule has 36 heavy (non-hydrogen) atoms. The normalized spacial score (nSPS) is 11.0. The van der Waals surface area contributed by atoms with Crippen LogP contribution in [0.25, 0.3) is 33.9 Å². The van der Waals surface area contributed by atoms with Crippen molar-refractivity contribution in [3.63, 3.8) is 0 Å². The highest BCUT2D eigenvalue weighted by Crippen LogP contribution is 2.35. The number of anilines is 1. The quantitative estimate of drug-likeness (QED) is 0.155. The van der Waals surface area contributed by atoms with Gasteiger partial charge < -0.3 is 19.3 Å². The zero-order chi connectivity index (χ0) is 25.4. The second-order valence-electron chi connectivity index (χ2n) is 7.54. The minimum absolute atomic E-state index is 0.0136. The third kappa shape index (κ3) is 4.89. The molecule has 3 N–H and O–H groups in total. The number of hydrogen-bond donors (Lipinski definition) is 3. The molecule has 0 aliphatic rings. The molecular formula is C25H14Cl3N3O4S. The van der Waals surface area contributed by atoms with Gasteiger partial charge in [0.15, 0.2) is 16.5 Å². The van der Waals surface area contributed by atoms with Crippen molar-refractivity contribution in [2.75, 3.05) is 5.32 Å². The molecule has 2 aromatic heterocycles. The van der Waals surface area contributed by atoms with Gasteiger partial charge in [-0.2, -0.15) is 0 Å². The number of furan rings is 1. The Morgan fingerprint density at radius 1 is 0.944 bits per heavy atom. The predicted octanol–water partition coefficient (Wildman–Crippen LogP) is 7.55. The SMILES string of the molecule is O=C(NC(=S)Nc1ccc(O)c(-c2nc3cc(Cl)ccc3o2)c1)c1ccc(-c2cccc(Cl)c2Cl)o1. The zero-order valence-corrected chi connectivity index (χ0v) is 21.1. The van der Waals surface area contributed by atoms with Gasteiger partial charge in [0.1, 0.15) is 17.0 Å². The van der Waals surface area contributed by atoms with Crippen molar-refractivity contribution in [2.45, 2.75) is 0 Å². The van der Waals surface area contributed by atoms with E-state index in [4.69, 9.17) is 55.9 Å². The third-order valence-electron chi connectivity index (χ3n) is 5.11. The second-order valence-corrected chi connectivity index (χ2v) is 9.17. The highest BCUT2D eigenvalue weighted by molar-refractivity contribution is 7.80. The number of phenols is 1. The van der Waals surface area contributed by atoms with E-state index in [1.54, 1.807) is 54.6 Å². The lowest BCUT2D eigenvalue weighted by Gasteiger charge is -2.10. The molecule has 5 aromatic rings. The number of aromatic nitrogens is 1. The summed E-state index contributed by atoms with van der Waals surface area (Å²) in [6, 6.07) is 17.9. The van der Waals surface area contributed by atoms with Crippen LogP contribution in [0.4, 0.5) is 5.69 Å². The monoisotopic (exact) mass is 557 g/mol. The van der Waals surface area contributed by atoms with Crippen LogP contribution in [0, 0.1) is 0 Å². The lowest BCUT2D eigenvalue weighted by atomic mass is 10.1. The van der Waals surface area contributed by atoms with Gasteiger partial charge in [0.05, 0.1) is 15.6 Å². The standard InChI is InChI=1S/C25H14Cl3N3O4S/c26-12-4-7-20-17(10-12)30-24(35-20)15-11-13(5-6-18(15)32)29-25(36)31-23(33)21-9-8-19(34-21)14-2-1-3-16(27)22(14)28/h1-11,32H,(H2,29,31,33,36). The summed E-state index contributed by atoms with van der Waals surface area (Å²) < 4.78 is 11.4. The maximum absolute atomic E-state index is 12.6. The minimum atomic E-state index is -0.563. The van der Waals surface area contributed by atoms with Gasteiger partial charge in [0.25, 0.3) is 5.91 Å². The van der Waals surface area contributed by atoms with Crippen LogP contribution in [0.3, 0.4) is 0 Å². The molecule has 11 heteroatoms. The summed E-state index contributed by atoms with van der Waals surface area (Å²) in [5.74, 6) is 0.00453. The van der Waals surface area contributed by atoms with Crippen molar-refractivity contribution in [1.29, 1.82) is 0 Å². The number of fused-ring (bicyclic) bond motifs is 1. The summed E-state index contributed by atoms with van der Waals surface area (Å²) in [5, 5.41) is 17.0. The lowest BCUT2D eigenvalue weighted by Crippen LogP contribution is -2.33. The van der Waals surface area contributed by atoms with E-state index in [1.165, 1.54) is 12.1 Å². The fourth-order valence-electron chi connectivity index (χ4n) is 3.43. The van der Waals surface area contributed by atoms with Crippen molar-refractivity contribution >= 4 is 74.8 Å². The van der Waals surface area contributed by atoms with Crippen molar-refractivity contribution in [3.8, 4) is 28.5 Å². The minimum Gasteiger partial charge on any atom is -0.507 e. The number of hydrogen-bond acceptors (Lipinski definition) is 6. The summed E-state index contributed by atoms with van der Waals surface area (Å²) in [6.07, 6.45) is 0. The Labute approximate surface area is 224 Å². The molecular weight excluding hydrogens is 545 g/mol. The van der Waals surface area contributed by atoms with Gasteiger partial charge in [0, 0.05) is 16.3 Å². The van der Waals surface area contributed by atoms with Crippen LogP contribution in [0.1, 0.15) is 10.6 Å². The van der Waals surface area contributed by atoms with E-state index in [0.29, 0.717) is 48.7 Å². The number of aromatic hydroxyl groups is 1. The number of nitrogens with one attached hydrogen (secondary N) is 2. The van der Waals surface area contributed by atoms with Gasteiger partial charge >= 0.3 is 0 Å². The predicted molar refractivity (Wildman–Crippen MR) is 144 cm³/mol. The molecule has 180 valence electrons. The molecule has 0 atom stereocenters. The first-order valence-electron chi connectivity index (χ1n) is 10.3. The Morgan fingerprint density at radius 3 is 2.61 bits per heavy atom. The summed E-state index contributed by atoms with van der Waals surface area (Å²) in [5.41, 5.74) is 2.44. The molecule has 0 aliphatic carbocycles. The van der Waals surface area contributed by atoms with Gasteiger partial charge in [-0.15, -0.1) is 0 Å². The van der Waals surface area contributed by atoms with Gasteiger partial charge in [0.2, 0.25) is 5.89 Å². The fourth-order valence-corrected chi connectivity index (χ4v) is 4.20. The van der Waals surface area contributed by atoms with E-state index >= 15 is 0 Å². The zero-order valence-electron chi connectivity index (χ0n) is 18.0. The van der Waals surface area contributed by atoms with Gasteiger partial charge in [-0.3, -0.25) is 10.1 Å². The van der Waals surface area contributed by atoms with Crippen LogP contribution in [0.5, 0.6) is 5.75 Å². The fraction of sp³-hybridized carbons (Fsp3) is 0. The molecule has 0 bridgehead atoms. The van der Waals surface area contributed by atoms with Gasteiger partial charge in [-0.05, 0) is 72.9 Å². The Morgan fingerprint density at radius 2 is 1.78 bits per heavy atom. The molecule has 0 saturated carbocycles. The molecule has 3 aromatic carbocycles. The van der Waals surface area contributed by atoms with E-state index in [1.807, 2.05) is 0 Å². The molecule has 5 rings (SSSR count). The number of carbonyl (C=O) groups excluding carboxylic acids is 1. The average Bonchev–Trinajstić information content (AvgIpc) is 3.49. The first-order valence-corrected chi connectivity index (χ1v) is 11.9. The van der Waals surface area contributed by atoms with Crippen LogP contribution in [0.15, 0.2) is 75.6 Å². The largest absolute Gasteiger partial charge is 0.507 e. The number of rotatable bonds is 4. The summed E-state index contributed by atoms with van der Waals surface area (Å²) in [4.78, 5) is 17.0. The molecule has 1 amide bonds. The lowest BCUT2D eigenvalue weighted by molar-refractivity contribution is 0.0951. The highest BCUT2D eigenvalue weighted by atomic mass is 35.5. The summed E-state index contributed by atoms with van der Waals surface area (Å²) in [7, 11) is 0. The van der Waals surface area contributed by atoms with E-state index in [9.17, 15) is 9.90 Å². The van der Waals surface area contributed by atoms with E-state index < -0.39 is 5.91 Å². The van der Waals surface area contributed by atoms with Crippen molar-refractivity contribution in [3.05, 3.63) is 87.6 Å². The highest BCUT2D eigenvalue weighted by Gasteiger charge is 2.17. The molecule has 0 unspecified atom stereocenters. The van der Waals surface area contributed by atoms with Gasteiger partial charge in [-0.25, -0.2) is 4.98 Å².